The number of ether oxygens (including phenoxy) is 5. The quantitative estimate of drug-likeness (QED) is 0.0337. The first-order valence-corrected chi connectivity index (χ1v) is 40.5. The molecule has 5 aromatic carbocycles. The fourth-order valence-corrected chi connectivity index (χ4v) is 26.1. The molecule has 6 aliphatic heterocycles. The number of dihydropyridines is 1. The van der Waals surface area contributed by atoms with Gasteiger partial charge in [-0.2, -0.15) is 0 Å². The van der Waals surface area contributed by atoms with Gasteiger partial charge in [-0.25, -0.2) is 0 Å². The Kier molecular flexibility index (Phi) is 17.4. The van der Waals surface area contributed by atoms with Crippen LogP contribution in [0.5, 0.6) is 28.7 Å². The number of aliphatic hydroxyl groups excluding tert-OH is 1. The van der Waals surface area contributed by atoms with Crippen LogP contribution in [0.2, 0.25) is 0 Å². The molecule has 17 atom stereocenters. The molecular weight excluding hydrogens is 1310 g/mol. The summed E-state index contributed by atoms with van der Waals surface area (Å²) in [5.74, 6) is 17.3. The van der Waals surface area contributed by atoms with Crippen LogP contribution in [0.15, 0.2) is 121 Å². The Hall–Kier alpha value is -7.05. The third kappa shape index (κ3) is 10.9. The Morgan fingerprint density at radius 3 is 2.55 bits per heavy atom. The number of nitrogens with two attached hydrogens (primary N) is 1. The molecule has 5 fully saturated rings. The normalized spacial score (nSPS) is 34.4. The smallest absolute Gasteiger partial charge is 0.302 e. The lowest BCUT2D eigenvalue weighted by Gasteiger charge is -2.59. The van der Waals surface area contributed by atoms with Crippen LogP contribution in [0.4, 0.5) is 0 Å². The summed E-state index contributed by atoms with van der Waals surface area (Å²) in [7, 11) is 7.36. The highest BCUT2D eigenvalue weighted by molar-refractivity contribution is 8.77. The molecule has 102 heavy (non-hydrogen) atoms. The molecule has 0 amide bonds. The van der Waals surface area contributed by atoms with Crippen molar-refractivity contribution in [1.82, 2.24) is 16.0 Å². The van der Waals surface area contributed by atoms with E-state index in [9.17, 15) is 20.1 Å². The molecule has 7 aliphatic carbocycles. The standard InChI is InChI=1S/C87H96N4O9S2/c1-50(93)98-47-67-61-22-23-63-74-54(39-60(94)41-71(74)97-3)42-85-36-35-84(49-85)34-30-56-16-7-8-33-87(56)58-18-12-17-57(40-58)86(31-9-10-32-86)68-26-20-53(21-27-69-62(83(84)87)25-29-73(88)91-69)75-65(44-89-43-55(45-92)66(68)46-96-2)78(95)81-64(76(75)79(67)99-80(61)77(63)85)24-28-70-82(100-81)72(38-51-13-5-4-6-14-51)102-101-48-52-15-11-19-59(37-52)90-70/h4-6,12-14,17-18,22-25,28-30,34,39-41,52-53,55-56,59,66-68,70,72-73,79,82-83,89-92,94-95H,7-11,15-16,19,31-33,35-38,42-49,88H2,1-3H3. The number of hydrogen-bond acceptors (Lipinski definition) is 15. The monoisotopic (exact) mass is 1400 g/mol. The molecule has 8 N–H and O–H groups in total. The molecule has 17 unspecified atom stereocenters. The van der Waals surface area contributed by atoms with Gasteiger partial charge in [-0.15, -0.1) is 0 Å². The molecule has 4 saturated carbocycles. The Bertz CT molecular complexity index is 4440. The number of rotatable bonds is 8. The van der Waals surface area contributed by atoms with Gasteiger partial charge in [0.2, 0.25) is 0 Å². The van der Waals surface area contributed by atoms with Crippen molar-refractivity contribution in [2.24, 2.45) is 46.7 Å². The van der Waals surface area contributed by atoms with E-state index in [1.165, 1.54) is 30.0 Å². The van der Waals surface area contributed by atoms with Crippen LogP contribution in [-0.2, 0) is 49.9 Å². The molecular formula is C87H96N4O9S2. The van der Waals surface area contributed by atoms with Gasteiger partial charge >= 0.3 is 5.97 Å². The number of esters is 1. The number of nitrogens with one attached hydrogen (secondary N) is 3. The van der Waals surface area contributed by atoms with Gasteiger partial charge < -0.3 is 60.7 Å². The van der Waals surface area contributed by atoms with Gasteiger partial charge in [0.05, 0.1) is 42.8 Å². The summed E-state index contributed by atoms with van der Waals surface area (Å²) in [4.78, 5) is 13.8. The van der Waals surface area contributed by atoms with Gasteiger partial charge in [-0.3, -0.25) is 4.79 Å². The summed E-state index contributed by atoms with van der Waals surface area (Å²) in [6.07, 6.45) is 28.9. The van der Waals surface area contributed by atoms with Gasteiger partial charge in [0.25, 0.3) is 0 Å². The number of methoxy groups -OCH3 is 2. The number of fused-ring (bicyclic) bond motifs is 14. The second-order valence-electron chi connectivity index (χ2n) is 32.4. The lowest BCUT2D eigenvalue weighted by Crippen LogP contribution is -2.55. The van der Waals surface area contributed by atoms with Gasteiger partial charge in [-0.05, 0) is 151 Å². The van der Waals surface area contributed by atoms with Crippen LogP contribution in [0.25, 0.3) is 17.2 Å². The summed E-state index contributed by atoms with van der Waals surface area (Å²) in [6, 6.07) is 28.8. The van der Waals surface area contributed by atoms with E-state index in [-0.39, 0.29) is 78.2 Å². The van der Waals surface area contributed by atoms with E-state index in [4.69, 9.17) is 29.4 Å². The van der Waals surface area contributed by atoms with Gasteiger partial charge in [0.1, 0.15) is 42.0 Å². The first-order valence-electron chi connectivity index (χ1n) is 38.1. The average molecular weight is 1410 g/mol. The number of carbonyl (C=O) groups is 1. The fraction of sp³-hybridized carbons (Fsp3) is 0.506. The van der Waals surface area contributed by atoms with Gasteiger partial charge in [0.15, 0.2) is 11.5 Å². The minimum atomic E-state index is -0.897. The maximum Gasteiger partial charge on any atom is 0.302 e. The summed E-state index contributed by atoms with van der Waals surface area (Å²) >= 11 is 0. The van der Waals surface area contributed by atoms with Crippen LogP contribution in [0.1, 0.15) is 177 Å². The van der Waals surface area contributed by atoms with Crippen molar-refractivity contribution in [3.8, 4) is 63.6 Å². The molecule has 0 aromatic heterocycles. The van der Waals surface area contributed by atoms with E-state index in [2.05, 4.69) is 143 Å². The molecule has 13 nitrogen and oxygen atoms in total. The van der Waals surface area contributed by atoms with E-state index in [0.29, 0.717) is 48.1 Å². The van der Waals surface area contributed by atoms with E-state index in [1.54, 1.807) is 20.3 Å². The highest BCUT2D eigenvalue weighted by Crippen LogP contribution is 2.72. The van der Waals surface area contributed by atoms with Crippen molar-refractivity contribution in [3.63, 3.8) is 0 Å². The Balaban J connectivity index is 0.989. The van der Waals surface area contributed by atoms with Crippen molar-refractivity contribution in [2.45, 2.75) is 186 Å². The molecule has 18 rings (SSSR count). The molecule has 5 aromatic rings. The highest BCUT2D eigenvalue weighted by Gasteiger charge is 2.65. The average Bonchev–Trinajstić information content (AvgIpc) is 1.44. The third-order valence-electron chi connectivity index (χ3n) is 27.1. The predicted molar refractivity (Wildman–Crippen MR) is 402 cm³/mol. The maximum atomic E-state index is 14.3. The molecule has 15 heteroatoms. The van der Waals surface area contributed by atoms with Crippen LogP contribution >= 0.6 is 21.6 Å². The third-order valence-corrected chi connectivity index (χ3v) is 30.0. The van der Waals surface area contributed by atoms with Crippen molar-refractivity contribution in [1.29, 1.82) is 0 Å². The zero-order chi connectivity index (χ0) is 69.2. The van der Waals surface area contributed by atoms with Crippen molar-refractivity contribution >= 4 is 33.6 Å². The molecule has 4 spiro atoms. The number of aliphatic hydroxyl groups is 1. The van der Waals surface area contributed by atoms with Gasteiger partial charge in [0, 0.05) is 125 Å². The number of phenolic OH excluding ortho intramolecular Hbond substituents is 2. The van der Waals surface area contributed by atoms with Crippen LogP contribution < -0.4 is 35.9 Å². The number of benzene rings is 5. The Morgan fingerprint density at radius 1 is 0.843 bits per heavy atom. The van der Waals surface area contributed by atoms with Crippen LogP contribution in [-0.4, -0.2) is 97.2 Å². The van der Waals surface area contributed by atoms with E-state index in [1.807, 2.05) is 27.7 Å². The molecule has 0 radical (unpaired) electrons. The van der Waals surface area contributed by atoms with Gasteiger partial charge in [-0.1, -0.05) is 169 Å². The van der Waals surface area contributed by atoms with E-state index in [0.717, 1.165) is 158 Å². The number of allylic oxidation sites excluding steroid dienone is 5. The Labute approximate surface area is 608 Å². The topological polar surface area (TPSA) is 186 Å². The maximum absolute atomic E-state index is 14.3. The first kappa shape index (κ1) is 66.9. The minimum Gasteiger partial charge on any atom is -0.508 e. The van der Waals surface area contributed by atoms with E-state index < -0.39 is 57.8 Å². The molecule has 530 valence electrons. The summed E-state index contributed by atoms with van der Waals surface area (Å²) in [6.45, 7) is 2.30. The summed E-state index contributed by atoms with van der Waals surface area (Å²) in [5, 5.41) is 50.2. The second-order valence-corrected chi connectivity index (χ2v) is 35.1. The molecule has 1 saturated heterocycles. The number of hydrogen-bond donors (Lipinski definition) is 7. The lowest BCUT2D eigenvalue weighted by molar-refractivity contribution is -0.141. The first-order chi connectivity index (χ1) is 49.8. The highest BCUT2D eigenvalue weighted by atomic mass is 33.1. The molecule has 11 bridgehead atoms. The lowest BCUT2D eigenvalue weighted by atomic mass is 9.44. The summed E-state index contributed by atoms with van der Waals surface area (Å²) in [5.41, 5.74) is 19.0. The Morgan fingerprint density at radius 2 is 1.71 bits per heavy atom. The van der Waals surface area contributed by atoms with Crippen LogP contribution in [0.3, 0.4) is 0 Å². The zero-order valence-electron chi connectivity index (χ0n) is 59.0. The fourth-order valence-electron chi connectivity index (χ4n) is 22.9. The number of phenols is 2. The largest absolute Gasteiger partial charge is 0.508 e. The molecule has 6 heterocycles. The van der Waals surface area contributed by atoms with Crippen molar-refractivity contribution < 1.29 is 43.8 Å². The zero-order valence-corrected chi connectivity index (χ0v) is 60.6. The van der Waals surface area contributed by atoms with Crippen molar-refractivity contribution in [3.05, 3.63) is 176 Å². The molecule has 13 aliphatic rings. The predicted octanol–water partition coefficient (Wildman–Crippen LogP) is 14.3. The summed E-state index contributed by atoms with van der Waals surface area (Å²) < 4.78 is 35.6. The minimum absolute atomic E-state index is 0.00718. The number of carbonyl (C=O) groups excluding carboxylic acids is 1. The second kappa shape index (κ2) is 26.5. The SMILES string of the molecule is COCC1C(CO)CNCc2c(O)c3c(c4c2C2C#CC5=C(C=CC(N)N5)C5C6(C=CC7CCCCC75c5cccc(c5)C5(CCCC5)C1C#C2)CCC1(Cc2cc(O)cc(OC)c2-c2ccc5c(c21)OC4C5COC(C)=O)C6)C=CC1NC2CCCC(CSSC(Cc4ccccc4)C1O3)C2. The van der Waals surface area contributed by atoms with E-state index >= 15 is 0 Å². The van der Waals surface area contributed by atoms with Crippen molar-refractivity contribution in [2.75, 3.05) is 46.3 Å². The van der Waals surface area contributed by atoms with Crippen LogP contribution in [0, 0.1) is 64.6 Å². The number of aromatic hydroxyl groups is 2.